The topological polar surface area (TPSA) is 126 Å². The van der Waals surface area contributed by atoms with Crippen LogP contribution in [0.2, 0.25) is 0 Å². The van der Waals surface area contributed by atoms with E-state index in [9.17, 15) is 18.5 Å². The lowest BCUT2D eigenvalue weighted by Crippen LogP contribution is -2.42. The maximum absolute atomic E-state index is 13.4. The second-order valence-corrected chi connectivity index (χ2v) is 5.11. The van der Waals surface area contributed by atoms with E-state index in [1.165, 1.54) is 0 Å². The molecule has 1 aromatic rings. The molecule has 2 saturated heterocycles. The van der Waals surface area contributed by atoms with E-state index >= 15 is 0 Å². The van der Waals surface area contributed by atoms with Crippen LogP contribution in [0.25, 0.3) is 0 Å². The molecular weight excluding hydrogens is 297 g/mol. The molecule has 5 atom stereocenters. The quantitative estimate of drug-likeness (QED) is 0.623. The summed E-state index contributed by atoms with van der Waals surface area (Å²) in [6.07, 6.45) is -3.43. The summed E-state index contributed by atoms with van der Waals surface area (Å²) in [5, 5.41) is 10.1. The number of aliphatic hydroxyl groups excluding tert-OH is 1. The van der Waals surface area contributed by atoms with Crippen LogP contribution in [-0.4, -0.2) is 43.8 Å². The summed E-state index contributed by atoms with van der Waals surface area (Å²) in [6, 6.07) is 0. The molecule has 2 aliphatic heterocycles. The molecule has 0 spiro atoms. The van der Waals surface area contributed by atoms with Gasteiger partial charge in [0, 0.05) is 0 Å². The van der Waals surface area contributed by atoms with Crippen LogP contribution in [0.1, 0.15) is 6.23 Å². The second-order valence-electron chi connectivity index (χ2n) is 4.27. The lowest BCUT2D eigenvalue weighted by atomic mass is 10.1. The maximum atomic E-state index is 13.4. The zero-order chi connectivity index (χ0) is 14.4. The Bertz CT molecular complexity index is 624. The Morgan fingerprint density at radius 2 is 2.35 bits per heavy atom. The average Bonchev–Trinajstić information content (AvgIpc) is 2.71. The van der Waals surface area contributed by atoms with Gasteiger partial charge < -0.3 is 15.6 Å². The van der Waals surface area contributed by atoms with E-state index < -0.39 is 53.2 Å². The highest BCUT2D eigenvalue weighted by atomic mass is 32.2. The van der Waals surface area contributed by atoms with Gasteiger partial charge in [-0.2, -0.15) is 9.19 Å². The molecule has 0 saturated carbocycles. The summed E-state index contributed by atoms with van der Waals surface area (Å²) in [4.78, 5) is 14.9. The Hall–Kier alpha value is -1.40. The summed E-state index contributed by atoms with van der Waals surface area (Å²) in [5.74, 6) is -1.46. The number of fused-ring (bicyclic) bond motifs is 1. The van der Waals surface area contributed by atoms with Gasteiger partial charge in [-0.05, 0) is 0 Å². The van der Waals surface area contributed by atoms with E-state index in [-0.39, 0.29) is 6.61 Å². The van der Waals surface area contributed by atoms with Gasteiger partial charge in [0.05, 0.1) is 12.8 Å². The van der Waals surface area contributed by atoms with Crippen LogP contribution in [0.5, 0.6) is 0 Å². The zero-order valence-corrected chi connectivity index (χ0v) is 10.7. The summed E-state index contributed by atoms with van der Waals surface area (Å²) in [6.45, 7) is -0.0789. The Labute approximate surface area is 113 Å². The Morgan fingerprint density at radius 1 is 1.60 bits per heavy atom. The monoisotopic (exact) mass is 307 g/mol. The molecule has 0 aliphatic carbocycles. The number of nitrogens with zero attached hydrogens (tertiary/aromatic N) is 2. The molecule has 0 amide bonds. The molecule has 9 nitrogen and oxygen atoms in total. The van der Waals surface area contributed by atoms with Crippen LogP contribution in [0.15, 0.2) is 11.0 Å². The first-order valence-electron chi connectivity index (χ1n) is 5.57. The van der Waals surface area contributed by atoms with Crippen molar-refractivity contribution in [3.8, 4) is 0 Å². The van der Waals surface area contributed by atoms with E-state index in [4.69, 9.17) is 18.8 Å². The number of nitrogens with two attached hydrogens (primary N) is 1. The van der Waals surface area contributed by atoms with Crippen LogP contribution in [-0.2, 0) is 24.5 Å². The van der Waals surface area contributed by atoms with Gasteiger partial charge in [0.25, 0.3) is 0 Å². The summed E-state index contributed by atoms with van der Waals surface area (Å²) >= 11 is -1.99. The number of hydrogen-bond acceptors (Lipinski definition) is 8. The van der Waals surface area contributed by atoms with Crippen molar-refractivity contribution in [2.75, 3.05) is 12.3 Å². The summed E-state index contributed by atoms with van der Waals surface area (Å²) in [7, 11) is 0. The van der Waals surface area contributed by atoms with Gasteiger partial charge >= 0.3 is 17.1 Å². The van der Waals surface area contributed by atoms with E-state index in [1.54, 1.807) is 0 Å². The third-order valence-corrected chi connectivity index (χ3v) is 3.74. The minimum atomic E-state index is -1.99. The first-order valence-corrected chi connectivity index (χ1v) is 6.57. The fraction of sp³-hybridized carbons (Fsp3) is 0.556. The standard InChI is InChI=1S/C9H10FN3O6S/c10-3-1-13(9(15)12-7(3)11)8-5(14)6-4(18-8)2-17-20(16)19-6/h1,4-6,8,14H,2H2,(H2,11,12,15)/t4-,5-,6+,8-,20?/m1/s1. The van der Waals surface area contributed by atoms with Gasteiger partial charge in [-0.25, -0.2) is 9.18 Å². The molecule has 110 valence electrons. The smallest absolute Gasteiger partial charge is 0.351 e. The highest BCUT2D eigenvalue weighted by Crippen LogP contribution is 2.33. The number of aliphatic hydroxyl groups is 1. The molecule has 11 heteroatoms. The third-order valence-electron chi connectivity index (χ3n) is 3.04. The molecule has 3 rings (SSSR count). The number of anilines is 1. The van der Waals surface area contributed by atoms with Crippen LogP contribution < -0.4 is 11.4 Å². The molecule has 20 heavy (non-hydrogen) atoms. The van der Waals surface area contributed by atoms with Gasteiger partial charge in [0.15, 0.2) is 17.9 Å². The van der Waals surface area contributed by atoms with Crippen LogP contribution >= 0.6 is 0 Å². The van der Waals surface area contributed by atoms with Gasteiger partial charge in [0.1, 0.15) is 18.3 Å². The molecule has 2 fully saturated rings. The molecule has 3 N–H and O–H groups in total. The molecule has 2 aliphatic rings. The molecule has 1 aromatic heterocycles. The van der Waals surface area contributed by atoms with Gasteiger partial charge in [-0.3, -0.25) is 12.9 Å². The highest BCUT2D eigenvalue weighted by molar-refractivity contribution is 7.75. The molecule has 3 heterocycles. The van der Waals surface area contributed by atoms with E-state index in [1.807, 2.05) is 0 Å². The summed E-state index contributed by atoms with van der Waals surface area (Å²) in [5.41, 5.74) is 4.29. The number of nitrogen functional groups attached to an aromatic ring is 1. The van der Waals surface area contributed by atoms with Crippen molar-refractivity contribution in [1.29, 1.82) is 0 Å². The molecular formula is C9H10FN3O6S. The zero-order valence-electron chi connectivity index (χ0n) is 9.84. The minimum Gasteiger partial charge on any atom is -0.386 e. The number of aromatic nitrogens is 2. The number of ether oxygens (including phenoxy) is 1. The van der Waals surface area contributed by atoms with Crippen molar-refractivity contribution in [3.05, 3.63) is 22.5 Å². The van der Waals surface area contributed by atoms with Crippen molar-refractivity contribution >= 4 is 17.2 Å². The lowest BCUT2D eigenvalue weighted by Gasteiger charge is -2.23. The maximum Gasteiger partial charge on any atom is 0.351 e. The largest absolute Gasteiger partial charge is 0.386 e. The normalized spacial score (nSPS) is 36.8. The Balaban J connectivity index is 1.94. The Morgan fingerprint density at radius 3 is 3.10 bits per heavy atom. The fourth-order valence-corrected chi connectivity index (χ4v) is 2.80. The van der Waals surface area contributed by atoms with Crippen LogP contribution in [0, 0.1) is 5.82 Å². The fourth-order valence-electron chi connectivity index (χ4n) is 2.08. The lowest BCUT2D eigenvalue weighted by molar-refractivity contribution is -0.0563. The average molecular weight is 307 g/mol. The second kappa shape index (κ2) is 4.86. The minimum absolute atomic E-state index is 0.0789. The van der Waals surface area contributed by atoms with E-state index in [0.717, 1.165) is 10.8 Å². The predicted molar refractivity (Wildman–Crippen MR) is 61.8 cm³/mol. The molecule has 0 bridgehead atoms. The number of halogens is 1. The van der Waals surface area contributed by atoms with Crippen LogP contribution in [0.3, 0.4) is 0 Å². The predicted octanol–water partition coefficient (Wildman–Crippen LogP) is -1.78. The first kappa shape index (κ1) is 13.6. The van der Waals surface area contributed by atoms with Crippen molar-refractivity contribution in [3.63, 3.8) is 0 Å². The first-order chi connectivity index (χ1) is 9.47. The van der Waals surface area contributed by atoms with Crippen molar-refractivity contribution < 1.29 is 26.8 Å². The highest BCUT2D eigenvalue weighted by Gasteiger charge is 2.49. The summed E-state index contributed by atoms with van der Waals surface area (Å²) < 4.78 is 40.2. The van der Waals surface area contributed by atoms with Crippen molar-refractivity contribution in [1.82, 2.24) is 9.55 Å². The van der Waals surface area contributed by atoms with E-state index in [0.29, 0.717) is 0 Å². The third kappa shape index (κ3) is 2.13. The number of rotatable bonds is 1. The Kier molecular flexibility index (Phi) is 3.30. The molecule has 0 radical (unpaired) electrons. The number of hydrogen-bond donors (Lipinski definition) is 2. The molecule has 1 unspecified atom stereocenters. The molecule has 0 aromatic carbocycles. The van der Waals surface area contributed by atoms with Crippen molar-refractivity contribution in [2.45, 2.75) is 24.5 Å². The SMILES string of the molecule is Nc1nc(=O)n([C@@H]2O[C@@H]3COS(=O)O[C@@H]3[C@H]2O)cc1F. The van der Waals surface area contributed by atoms with Gasteiger partial charge in [0.2, 0.25) is 0 Å². The van der Waals surface area contributed by atoms with Crippen LogP contribution in [0.4, 0.5) is 10.2 Å². The van der Waals surface area contributed by atoms with E-state index in [2.05, 4.69) is 4.98 Å². The van der Waals surface area contributed by atoms with Crippen molar-refractivity contribution in [2.24, 2.45) is 0 Å². The van der Waals surface area contributed by atoms with Gasteiger partial charge in [-0.15, -0.1) is 0 Å². The van der Waals surface area contributed by atoms with Gasteiger partial charge in [-0.1, -0.05) is 0 Å².